The van der Waals surface area contributed by atoms with Crippen molar-refractivity contribution >= 4 is 17.3 Å². The lowest BCUT2D eigenvalue weighted by Gasteiger charge is -2.32. The third kappa shape index (κ3) is 3.06. The monoisotopic (exact) mass is 354 g/mol. The van der Waals surface area contributed by atoms with Crippen molar-refractivity contribution in [3.05, 3.63) is 54.1 Å². The number of thiocarbonyl (C=S) groups is 1. The molecule has 4 rings (SSSR count). The maximum absolute atomic E-state index is 5.65. The van der Waals surface area contributed by atoms with E-state index in [1.165, 1.54) is 37.8 Å². The Hall–Kier alpha value is -1.88. The first-order valence-electron chi connectivity index (χ1n) is 9.44. The number of nitrogens with zero attached hydrogens (tertiary/aromatic N) is 3. The SMILES string of the molecule is CCN1C(=S)N[C@H](c2ccccn2)[C@@H]1c1cccn1C1CCCCC1. The van der Waals surface area contributed by atoms with E-state index >= 15 is 0 Å². The van der Waals surface area contributed by atoms with Gasteiger partial charge >= 0.3 is 0 Å². The molecule has 1 aliphatic carbocycles. The Morgan fingerprint density at radius 3 is 2.72 bits per heavy atom. The maximum Gasteiger partial charge on any atom is 0.170 e. The summed E-state index contributed by atoms with van der Waals surface area (Å²) in [7, 11) is 0. The molecule has 1 N–H and O–H groups in total. The molecule has 0 unspecified atom stereocenters. The summed E-state index contributed by atoms with van der Waals surface area (Å²) in [5.74, 6) is 0. The molecule has 1 saturated carbocycles. The fourth-order valence-corrected chi connectivity index (χ4v) is 4.79. The Bertz CT molecular complexity index is 720. The van der Waals surface area contributed by atoms with Gasteiger partial charge in [0, 0.05) is 30.7 Å². The molecule has 2 aliphatic rings. The Balaban J connectivity index is 1.73. The fourth-order valence-electron chi connectivity index (χ4n) is 4.42. The Labute approximate surface area is 155 Å². The highest BCUT2D eigenvalue weighted by Gasteiger charge is 2.40. The van der Waals surface area contributed by atoms with Crippen LogP contribution in [-0.4, -0.2) is 26.1 Å². The van der Waals surface area contributed by atoms with E-state index in [1.807, 2.05) is 12.3 Å². The molecular formula is C20H26N4S. The van der Waals surface area contributed by atoms with E-state index in [1.54, 1.807) is 0 Å². The lowest BCUT2D eigenvalue weighted by Crippen LogP contribution is -2.30. The number of hydrogen-bond acceptors (Lipinski definition) is 2. The molecule has 5 heteroatoms. The van der Waals surface area contributed by atoms with E-state index in [-0.39, 0.29) is 12.1 Å². The van der Waals surface area contributed by atoms with Crippen LogP contribution in [0.5, 0.6) is 0 Å². The van der Waals surface area contributed by atoms with Gasteiger partial charge in [-0.05, 0) is 56.2 Å². The largest absolute Gasteiger partial charge is 0.352 e. The van der Waals surface area contributed by atoms with Gasteiger partial charge in [0.2, 0.25) is 0 Å². The van der Waals surface area contributed by atoms with Crippen molar-refractivity contribution in [3.63, 3.8) is 0 Å². The molecule has 25 heavy (non-hydrogen) atoms. The van der Waals surface area contributed by atoms with Crippen molar-refractivity contribution in [2.24, 2.45) is 0 Å². The van der Waals surface area contributed by atoms with Gasteiger partial charge in [-0.1, -0.05) is 25.3 Å². The van der Waals surface area contributed by atoms with Crippen LogP contribution in [-0.2, 0) is 0 Å². The van der Waals surface area contributed by atoms with Gasteiger partial charge in [-0.25, -0.2) is 0 Å². The number of nitrogens with one attached hydrogen (secondary N) is 1. The van der Waals surface area contributed by atoms with Crippen LogP contribution < -0.4 is 5.32 Å². The van der Waals surface area contributed by atoms with Crippen molar-refractivity contribution in [2.75, 3.05) is 6.54 Å². The van der Waals surface area contributed by atoms with Crippen molar-refractivity contribution in [1.82, 2.24) is 19.8 Å². The minimum atomic E-state index is 0.103. The highest BCUT2D eigenvalue weighted by molar-refractivity contribution is 7.80. The molecule has 2 fully saturated rings. The van der Waals surface area contributed by atoms with Gasteiger partial charge < -0.3 is 14.8 Å². The van der Waals surface area contributed by atoms with Crippen LogP contribution in [0.25, 0.3) is 0 Å². The van der Waals surface area contributed by atoms with Crippen molar-refractivity contribution in [1.29, 1.82) is 0 Å². The molecule has 1 saturated heterocycles. The molecular weight excluding hydrogens is 328 g/mol. The van der Waals surface area contributed by atoms with E-state index < -0.39 is 0 Å². The van der Waals surface area contributed by atoms with Crippen LogP contribution in [0.1, 0.15) is 68.5 Å². The lowest BCUT2D eigenvalue weighted by molar-refractivity contribution is 0.287. The van der Waals surface area contributed by atoms with Gasteiger partial charge in [-0.2, -0.15) is 0 Å². The zero-order chi connectivity index (χ0) is 17.2. The summed E-state index contributed by atoms with van der Waals surface area (Å²) in [4.78, 5) is 6.92. The van der Waals surface area contributed by atoms with Crippen LogP contribution >= 0.6 is 12.2 Å². The summed E-state index contributed by atoms with van der Waals surface area (Å²) in [6.45, 7) is 3.07. The van der Waals surface area contributed by atoms with Gasteiger partial charge in [0.15, 0.2) is 5.11 Å². The van der Waals surface area contributed by atoms with Crippen LogP contribution in [0.3, 0.4) is 0 Å². The molecule has 3 heterocycles. The standard InChI is InChI=1S/C20H26N4S/c1-2-23-19(18(22-20(23)25)16-11-6-7-13-21-16)17-12-8-14-24(17)15-9-4-3-5-10-15/h6-8,11-15,18-19H,2-5,9-10H2,1H3,(H,22,25)/t18-,19+/m1/s1. The van der Waals surface area contributed by atoms with Gasteiger partial charge in [0.1, 0.15) is 0 Å². The first kappa shape index (κ1) is 16.6. The van der Waals surface area contributed by atoms with E-state index in [0.717, 1.165) is 17.4 Å². The zero-order valence-electron chi connectivity index (χ0n) is 14.8. The third-order valence-electron chi connectivity index (χ3n) is 5.62. The smallest absolute Gasteiger partial charge is 0.170 e. The molecule has 2 atom stereocenters. The fraction of sp³-hybridized carbons (Fsp3) is 0.500. The van der Waals surface area contributed by atoms with Gasteiger partial charge in [-0.3, -0.25) is 4.98 Å². The Morgan fingerprint density at radius 1 is 1.16 bits per heavy atom. The van der Waals surface area contributed by atoms with E-state index in [2.05, 4.69) is 57.2 Å². The average molecular weight is 355 g/mol. The topological polar surface area (TPSA) is 33.1 Å². The Kier molecular flexibility index (Phi) is 4.75. The highest BCUT2D eigenvalue weighted by Crippen LogP contribution is 2.40. The second kappa shape index (κ2) is 7.16. The number of hydrogen-bond donors (Lipinski definition) is 1. The zero-order valence-corrected chi connectivity index (χ0v) is 15.6. The first-order chi connectivity index (χ1) is 12.3. The normalized spacial score (nSPS) is 24.5. The molecule has 132 valence electrons. The van der Waals surface area contributed by atoms with Crippen LogP contribution in [0.15, 0.2) is 42.7 Å². The van der Waals surface area contributed by atoms with E-state index in [0.29, 0.717) is 6.04 Å². The highest BCUT2D eigenvalue weighted by atomic mass is 32.1. The van der Waals surface area contributed by atoms with Crippen LogP contribution in [0.2, 0.25) is 0 Å². The summed E-state index contributed by atoms with van der Waals surface area (Å²) in [5.41, 5.74) is 2.42. The van der Waals surface area contributed by atoms with Crippen molar-refractivity contribution < 1.29 is 0 Å². The van der Waals surface area contributed by atoms with Gasteiger partial charge in [0.05, 0.1) is 17.8 Å². The predicted molar refractivity (Wildman–Crippen MR) is 104 cm³/mol. The second-order valence-electron chi connectivity index (χ2n) is 7.04. The molecule has 0 spiro atoms. The minimum absolute atomic E-state index is 0.103. The molecule has 2 aromatic heterocycles. The second-order valence-corrected chi connectivity index (χ2v) is 7.43. The van der Waals surface area contributed by atoms with Crippen molar-refractivity contribution in [3.8, 4) is 0 Å². The van der Waals surface area contributed by atoms with Gasteiger partial charge in [-0.15, -0.1) is 0 Å². The average Bonchev–Trinajstić information content (AvgIpc) is 3.27. The van der Waals surface area contributed by atoms with Gasteiger partial charge in [0.25, 0.3) is 0 Å². The van der Waals surface area contributed by atoms with Crippen LogP contribution in [0, 0.1) is 0 Å². The number of aromatic nitrogens is 2. The molecule has 1 aliphatic heterocycles. The first-order valence-corrected chi connectivity index (χ1v) is 9.85. The summed E-state index contributed by atoms with van der Waals surface area (Å²) in [6, 6.07) is 11.5. The number of pyridine rings is 1. The van der Waals surface area contributed by atoms with E-state index in [4.69, 9.17) is 12.2 Å². The van der Waals surface area contributed by atoms with Crippen LogP contribution in [0.4, 0.5) is 0 Å². The number of likely N-dealkylation sites (N-methyl/N-ethyl adjacent to an activating group) is 1. The minimum Gasteiger partial charge on any atom is -0.352 e. The Morgan fingerprint density at radius 2 is 2.00 bits per heavy atom. The predicted octanol–water partition coefficient (Wildman–Crippen LogP) is 4.38. The summed E-state index contributed by atoms with van der Waals surface area (Å²) in [5, 5.41) is 4.35. The molecule has 4 nitrogen and oxygen atoms in total. The molecule has 0 amide bonds. The van der Waals surface area contributed by atoms with Crippen molar-refractivity contribution in [2.45, 2.75) is 57.2 Å². The summed E-state index contributed by atoms with van der Waals surface area (Å²) in [6.07, 6.45) is 10.7. The maximum atomic E-state index is 5.65. The molecule has 2 aromatic rings. The quantitative estimate of drug-likeness (QED) is 0.826. The number of rotatable bonds is 4. The third-order valence-corrected chi connectivity index (χ3v) is 5.97. The molecule has 0 aromatic carbocycles. The molecule has 0 radical (unpaired) electrons. The molecule has 0 bridgehead atoms. The van der Waals surface area contributed by atoms with E-state index in [9.17, 15) is 0 Å². The summed E-state index contributed by atoms with van der Waals surface area (Å²) < 4.78 is 2.51. The lowest BCUT2D eigenvalue weighted by atomic mass is 9.94. The summed E-state index contributed by atoms with van der Waals surface area (Å²) >= 11 is 5.65.